The summed E-state index contributed by atoms with van der Waals surface area (Å²) in [6.45, 7) is 1.68. The Bertz CT molecular complexity index is 394. The Morgan fingerprint density at radius 3 is 2.18 bits per heavy atom. The van der Waals surface area contributed by atoms with Crippen LogP contribution in [0.25, 0.3) is 0 Å². The zero-order valence-electron chi connectivity index (χ0n) is 8.90. The number of hydrogen-bond acceptors (Lipinski definition) is 2. The molecule has 2 nitrogen and oxygen atoms in total. The van der Waals surface area contributed by atoms with E-state index in [1.165, 1.54) is 0 Å². The largest absolute Gasteiger partial charge is 0.487 e. The minimum atomic E-state index is -1.49. The van der Waals surface area contributed by atoms with Crippen molar-refractivity contribution in [2.24, 2.45) is 5.92 Å². The van der Waals surface area contributed by atoms with Gasteiger partial charge >= 0.3 is 0 Å². The highest BCUT2D eigenvalue weighted by Gasteiger charge is 2.22. The Labute approximate surface area is 95.6 Å². The fourth-order valence-electron chi connectivity index (χ4n) is 1.56. The molecule has 1 aromatic carbocycles. The molecule has 0 aliphatic carbocycles. The number of ether oxygens (including phenoxy) is 1. The molecule has 1 aromatic rings. The van der Waals surface area contributed by atoms with Gasteiger partial charge in [-0.3, -0.25) is 0 Å². The van der Waals surface area contributed by atoms with E-state index in [2.05, 4.69) is 5.32 Å². The first-order valence-corrected chi connectivity index (χ1v) is 5.26. The van der Waals surface area contributed by atoms with Crippen molar-refractivity contribution in [1.29, 1.82) is 0 Å². The van der Waals surface area contributed by atoms with Crippen molar-refractivity contribution in [3.8, 4) is 5.75 Å². The highest BCUT2D eigenvalue weighted by molar-refractivity contribution is 5.28. The van der Waals surface area contributed by atoms with Crippen molar-refractivity contribution in [2.75, 3.05) is 19.7 Å². The zero-order chi connectivity index (χ0) is 12.4. The van der Waals surface area contributed by atoms with Gasteiger partial charge in [-0.1, -0.05) is 0 Å². The summed E-state index contributed by atoms with van der Waals surface area (Å²) in [5, 5.41) is 3.03. The van der Waals surface area contributed by atoms with Crippen LogP contribution < -0.4 is 10.1 Å². The molecule has 0 spiro atoms. The van der Waals surface area contributed by atoms with Crippen LogP contribution in [0.2, 0.25) is 0 Å². The van der Waals surface area contributed by atoms with Crippen molar-refractivity contribution in [3.05, 3.63) is 29.3 Å². The van der Waals surface area contributed by atoms with Gasteiger partial charge in [0.1, 0.15) is 0 Å². The summed E-state index contributed by atoms with van der Waals surface area (Å²) in [5.41, 5.74) is 0. The molecule has 0 radical (unpaired) electrons. The lowest BCUT2D eigenvalue weighted by Crippen LogP contribution is -2.42. The van der Waals surface area contributed by atoms with E-state index in [0.29, 0.717) is 12.3 Å². The van der Waals surface area contributed by atoms with E-state index < -0.39 is 29.0 Å². The molecular weight excluding hydrogens is 238 g/mol. The SMILES string of the molecule is Fc1cc(F)c(F)c(OCCC2CNC2)c1F. The maximum absolute atomic E-state index is 13.1. The average Bonchev–Trinajstić information content (AvgIpc) is 2.23. The topological polar surface area (TPSA) is 21.3 Å². The van der Waals surface area contributed by atoms with Gasteiger partial charge < -0.3 is 10.1 Å². The van der Waals surface area contributed by atoms with Crippen molar-refractivity contribution >= 4 is 0 Å². The first-order chi connectivity index (χ1) is 8.09. The molecule has 17 heavy (non-hydrogen) atoms. The summed E-state index contributed by atoms with van der Waals surface area (Å²) < 4.78 is 56.7. The molecule has 1 N–H and O–H groups in total. The van der Waals surface area contributed by atoms with Crippen molar-refractivity contribution in [3.63, 3.8) is 0 Å². The summed E-state index contributed by atoms with van der Waals surface area (Å²) in [6, 6.07) is 0.160. The molecule has 0 unspecified atom stereocenters. The number of benzene rings is 1. The van der Waals surface area contributed by atoms with Crippen molar-refractivity contribution in [2.45, 2.75) is 6.42 Å². The monoisotopic (exact) mass is 249 g/mol. The summed E-state index contributed by atoms with van der Waals surface area (Å²) >= 11 is 0. The number of hydrogen-bond donors (Lipinski definition) is 1. The average molecular weight is 249 g/mol. The first kappa shape index (κ1) is 12.2. The van der Waals surface area contributed by atoms with E-state index in [4.69, 9.17) is 4.74 Å². The fraction of sp³-hybridized carbons (Fsp3) is 0.455. The molecular formula is C11H11F4NO. The van der Waals surface area contributed by atoms with Crippen LogP contribution in [-0.4, -0.2) is 19.7 Å². The smallest absolute Gasteiger partial charge is 0.203 e. The molecule has 94 valence electrons. The fourth-order valence-corrected chi connectivity index (χ4v) is 1.56. The Morgan fingerprint density at radius 1 is 1.12 bits per heavy atom. The van der Waals surface area contributed by atoms with Crippen LogP contribution in [0.1, 0.15) is 6.42 Å². The quantitative estimate of drug-likeness (QED) is 0.652. The van der Waals surface area contributed by atoms with Crippen LogP contribution in [0.3, 0.4) is 0 Å². The molecule has 2 rings (SSSR count). The molecule has 6 heteroatoms. The molecule has 0 atom stereocenters. The number of rotatable bonds is 4. The van der Waals surface area contributed by atoms with Crippen molar-refractivity contribution in [1.82, 2.24) is 5.32 Å². The van der Waals surface area contributed by atoms with Gasteiger partial charge in [0.25, 0.3) is 0 Å². The minimum Gasteiger partial charge on any atom is -0.487 e. The third-order valence-corrected chi connectivity index (χ3v) is 2.71. The third kappa shape index (κ3) is 2.52. The van der Waals surface area contributed by atoms with Gasteiger partial charge in [-0.15, -0.1) is 0 Å². The lowest BCUT2D eigenvalue weighted by Gasteiger charge is -2.26. The zero-order valence-corrected chi connectivity index (χ0v) is 8.90. The number of nitrogens with one attached hydrogen (secondary N) is 1. The van der Waals surface area contributed by atoms with Crippen LogP contribution in [0, 0.1) is 29.2 Å². The molecule has 0 aromatic heterocycles. The van der Waals surface area contributed by atoms with Gasteiger partial charge in [0, 0.05) is 6.07 Å². The lowest BCUT2D eigenvalue weighted by atomic mass is 10.0. The third-order valence-electron chi connectivity index (χ3n) is 2.71. The maximum Gasteiger partial charge on any atom is 0.203 e. The van der Waals surface area contributed by atoms with E-state index in [0.717, 1.165) is 13.1 Å². The summed E-state index contributed by atoms with van der Waals surface area (Å²) in [7, 11) is 0. The predicted octanol–water partition coefficient (Wildman–Crippen LogP) is 2.23. The second kappa shape index (κ2) is 4.91. The molecule has 1 heterocycles. The van der Waals surface area contributed by atoms with Crippen LogP contribution >= 0.6 is 0 Å². The molecule has 1 aliphatic rings. The Morgan fingerprint density at radius 2 is 1.71 bits per heavy atom. The Kier molecular flexibility index (Phi) is 3.51. The molecule has 0 amide bonds. The Balaban J connectivity index is 2.03. The maximum atomic E-state index is 13.1. The van der Waals surface area contributed by atoms with Crippen LogP contribution in [0.15, 0.2) is 6.07 Å². The Hall–Kier alpha value is -1.30. The van der Waals surface area contributed by atoms with E-state index in [-0.39, 0.29) is 12.7 Å². The summed E-state index contributed by atoms with van der Waals surface area (Å²) in [6.07, 6.45) is 0.587. The van der Waals surface area contributed by atoms with E-state index in [1.54, 1.807) is 0 Å². The van der Waals surface area contributed by atoms with E-state index >= 15 is 0 Å². The molecule has 1 fully saturated rings. The van der Waals surface area contributed by atoms with Gasteiger partial charge in [-0.25, -0.2) is 8.78 Å². The second-order valence-corrected chi connectivity index (χ2v) is 3.96. The highest BCUT2D eigenvalue weighted by atomic mass is 19.2. The van der Waals surface area contributed by atoms with E-state index in [1.807, 2.05) is 0 Å². The van der Waals surface area contributed by atoms with Gasteiger partial charge in [-0.05, 0) is 25.4 Å². The lowest BCUT2D eigenvalue weighted by molar-refractivity contribution is 0.219. The predicted molar refractivity (Wildman–Crippen MR) is 52.7 cm³/mol. The minimum absolute atomic E-state index is 0.0308. The van der Waals surface area contributed by atoms with Gasteiger partial charge in [0.15, 0.2) is 17.4 Å². The van der Waals surface area contributed by atoms with Gasteiger partial charge in [0.05, 0.1) is 6.61 Å². The normalized spacial score (nSPS) is 15.8. The second-order valence-electron chi connectivity index (χ2n) is 3.96. The van der Waals surface area contributed by atoms with Crippen LogP contribution in [0.5, 0.6) is 5.75 Å². The van der Waals surface area contributed by atoms with Crippen LogP contribution in [-0.2, 0) is 0 Å². The highest BCUT2D eigenvalue weighted by Crippen LogP contribution is 2.26. The summed E-state index contributed by atoms with van der Waals surface area (Å²) in [5.74, 6) is -6.48. The van der Waals surface area contributed by atoms with Gasteiger partial charge in [0.2, 0.25) is 11.6 Å². The molecule has 1 aliphatic heterocycles. The first-order valence-electron chi connectivity index (χ1n) is 5.26. The van der Waals surface area contributed by atoms with E-state index in [9.17, 15) is 17.6 Å². The van der Waals surface area contributed by atoms with Gasteiger partial charge in [-0.2, -0.15) is 8.78 Å². The molecule has 1 saturated heterocycles. The van der Waals surface area contributed by atoms with Crippen molar-refractivity contribution < 1.29 is 22.3 Å². The molecule has 0 saturated carbocycles. The standard InChI is InChI=1S/C11H11F4NO/c12-7-3-8(13)10(15)11(9(7)14)17-2-1-6-4-16-5-6/h3,6,16H,1-2,4-5H2. The number of halogens is 4. The van der Waals surface area contributed by atoms with Crippen LogP contribution in [0.4, 0.5) is 17.6 Å². The molecule has 0 bridgehead atoms. The summed E-state index contributed by atoms with van der Waals surface area (Å²) in [4.78, 5) is 0.